The summed E-state index contributed by atoms with van der Waals surface area (Å²) in [4.78, 5) is 27.0. The van der Waals surface area contributed by atoms with E-state index < -0.39 is 0 Å². The van der Waals surface area contributed by atoms with E-state index in [2.05, 4.69) is 45.0 Å². The standard InChI is InChI=1S/C20H28N6O2/c1-14(2)16-13-26-18(20(28)22-16)17(23-24-26)19(27)21-10-7-11-25(3)12-15-8-5-4-6-9-15/h4-6,8-9,14,16H,7,10-13H2,1-3H3,(H,21,27)(H,22,28)/t16-/m1/s1. The molecule has 8 nitrogen and oxygen atoms in total. The number of carbonyl (C=O) groups is 2. The SMILES string of the molecule is CC(C)[C@H]1Cn2nnc(C(=O)NCCCN(C)Cc3ccccc3)c2C(=O)N1. The fourth-order valence-corrected chi connectivity index (χ4v) is 3.27. The van der Waals surface area contributed by atoms with Gasteiger partial charge in [-0.25, -0.2) is 4.68 Å². The van der Waals surface area contributed by atoms with Gasteiger partial charge in [0.1, 0.15) is 0 Å². The van der Waals surface area contributed by atoms with Crippen molar-refractivity contribution in [3.05, 3.63) is 47.3 Å². The fourth-order valence-electron chi connectivity index (χ4n) is 3.27. The minimum atomic E-state index is -0.356. The Labute approximate surface area is 165 Å². The summed E-state index contributed by atoms with van der Waals surface area (Å²) in [5.41, 5.74) is 1.60. The first-order valence-electron chi connectivity index (χ1n) is 9.70. The molecule has 1 atom stereocenters. The molecule has 0 aliphatic carbocycles. The van der Waals surface area contributed by atoms with Crippen molar-refractivity contribution in [2.24, 2.45) is 5.92 Å². The zero-order valence-corrected chi connectivity index (χ0v) is 16.7. The molecule has 8 heteroatoms. The van der Waals surface area contributed by atoms with Crippen molar-refractivity contribution in [1.82, 2.24) is 30.5 Å². The van der Waals surface area contributed by atoms with E-state index in [0.29, 0.717) is 13.1 Å². The molecule has 0 spiro atoms. The van der Waals surface area contributed by atoms with E-state index in [9.17, 15) is 9.59 Å². The largest absolute Gasteiger partial charge is 0.351 e. The Hall–Kier alpha value is -2.74. The third-order valence-corrected chi connectivity index (χ3v) is 4.95. The van der Waals surface area contributed by atoms with Gasteiger partial charge in [0.15, 0.2) is 11.4 Å². The maximum Gasteiger partial charge on any atom is 0.274 e. The average Bonchev–Trinajstić information content (AvgIpc) is 3.10. The maximum absolute atomic E-state index is 12.5. The Morgan fingerprint density at radius 2 is 2.11 bits per heavy atom. The molecule has 1 aromatic carbocycles. The van der Waals surface area contributed by atoms with E-state index in [4.69, 9.17) is 0 Å². The van der Waals surface area contributed by atoms with Crippen LogP contribution >= 0.6 is 0 Å². The van der Waals surface area contributed by atoms with Crippen LogP contribution in [-0.4, -0.2) is 57.9 Å². The summed E-state index contributed by atoms with van der Waals surface area (Å²) in [6.07, 6.45) is 0.806. The molecule has 1 aliphatic heterocycles. The lowest BCUT2D eigenvalue weighted by Crippen LogP contribution is -2.48. The highest BCUT2D eigenvalue weighted by Gasteiger charge is 2.32. The zero-order chi connectivity index (χ0) is 20.1. The van der Waals surface area contributed by atoms with Gasteiger partial charge >= 0.3 is 0 Å². The first kappa shape index (κ1) is 20.0. The van der Waals surface area contributed by atoms with Gasteiger partial charge in [0.25, 0.3) is 11.8 Å². The lowest BCUT2D eigenvalue weighted by Gasteiger charge is -2.27. The van der Waals surface area contributed by atoms with E-state index in [1.165, 1.54) is 10.2 Å². The highest BCUT2D eigenvalue weighted by Crippen LogP contribution is 2.15. The Balaban J connectivity index is 1.48. The molecular weight excluding hydrogens is 356 g/mol. The van der Waals surface area contributed by atoms with Crippen LogP contribution in [0.4, 0.5) is 0 Å². The number of aromatic nitrogens is 3. The van der Waals surface area contributed by atoms with Crippen LogP contribution in [0.2, 0.25) is 0 Å². The molecule has 0 unspecified atom stereocenters. The molecule has 0 saturated carbocycles. The molecule has 2 aromatic rings. The van der Waals surface area contributed by atoms with E-state index in [1.807, 2.05) is 32.0 Å². The smallest absolute Gasteiger partial charge is 0.274 e. The number of hydrogen-bond acceptors (Lipinski definition) is 5. The molecule has 2 N–H and O–H groups in total. The number of nitrogens with one attached hydrogen (secondary N) is 2. The van der Waals surface area contributed by atoms with Gasteiger partial charge < -0.3 is 15.5 Å². The molecule has 28 heavy (non-hydrogen) atoms. The maximum atomic E-state index is 12.5. The topological polar surface area (TPSA) is 92.2 Å². The molecule has 0 radical (unpaired) electrons. The molecule has 150 valence electrons. The fraction of sp³-hybridized carbons (Fsp3) is 0.500. The molecule has 1 aromatic heterocycles. The second kappa shape index (κ2) is 8.97. The number of nitrogens with zero attached hydrogens (tertiary/aromatic N) is 4. The molecule has 0 fully saturated rings. The van der Waals surface area contributed by atoms with Crippen LogP contribution < -0.4 is 10.6 Å². The first-order valence-corrected chi connectivity index (χ1v) is 9.70. The average molecular weight is 384 g/mol. The number of benzene rings is 1. The van der Waals surface area contributed by atoms with Crippen molar-refractivity contribution in [2.75, 3.05) is 20.1 Å². The Morgan fingerprint density at radius 3 is 2.82 bits per heavy atom. The predicted octanol–water partition coefficient (Wildman–Crippen LogP) is 1.30. The van der Waals surface area contributed by atoms with E-state index in [-0.39, 0.29) is 35.2 Å². The molecular formula is C20H28N6O2. The molecule has 0 saturated heterocycles. The van der Waals surface area contributed by atoms with Gasteiger partial charge in [-0.05, 0) is 31.5 Å². The van der Waals surface area contributed by atoms with Crippen LogP contribution in [0.15, 0.2) is 30.3 Å². The van der Waals surface area contributed by atoms with Crippen molar-refractivity contribution in [3.8, 4) is 0 Å². The van der Waals surface area contributed by atoms with Gasteiger partial charge in [0.05, 0.1) is 12.6 Å². The Kier molecular flexibility index (Phi) is 6.41. The Morgan fingerprint density at radius 1 is 1.36 bits per heavy atom. The molecule has 1 aliphatic rings. The van der Waals surface area contributed by atoms with Crippen LogP contribution in [0.5, 0.6) is 0 Å². The highest BCUT2D eigenvalue weighted by molar-refractivity contribution is 6.05. The Bertz CT molecular complexity index is 817. The van der Waals surface area contributed by atoms with Gasteiger partial charge in [-0.1, -0.05) is 49.4 Å². The van der Waals surface area contributed by atoms with E-state index >= 15 is 0 Å². The molecule has 2 amide bonds. The van der Waals surface area contributed by atoms with Gasteiger partial charge in [-0.2, -0.15) is 0 Å². The van der Waals surface area contributed by atoms with Crippen LogP contribution in [0.1, 0.15) is 46.8 Å². The summed E-state index contributed by atoms with van der Waals surface area (Å²) < 4.78 is 1.53. The summed E-state index contributed by atoms with van der Waals surface area (Å²) in [6, 6.07) is 10.3. The van der Waals surface area contributed by atoms with Gasteiger partial charge in [-0.15, -0.1) is 5.10 Å². The molecule has 3 rings (SSSR count). The highest BCUT2D eigenvalue weighted by atomic mass is 16.2. The van der Waals surface area contributed by atoms with Crippen LogP contribution in [-0.2, 0) is 13.1 Å². The summed E-state index contributed by atoms with van der Waals surface area (Å²) in [6.45, 7) is 6.84. The van der Waals surface area contributed by atoms with Crippen LogP contribution in [0, 0.1) is 5.92 Å². The van der Waals surface area contributed by atoms with Crippen molar-refractivity contribution in [2.45, 2.75) is 39.4 Å². The van der Waals surface area contributed by atoms with E-state index in [1.54, 1.807) is 0 Å². The molecule has 0 bridgehead atoms. The van der Waals surface area contributed by atoms with E-state index in [0.717, 1.165) is 19.5 Å². The minimum absolute atomic E-state index is 0.00207. The minimum Gasteiger partial charge on any atom is -0.351 e. The summed E-state index contributed by atoms with van der Waals surface area (Å²) in [7, 11) is 2.06. The third-order valence-electron chi connectivity index (χ3n) is 4.95. The van der Waals surface area contributed by atoms with Crippen molar-refractivity contribution in [1.29, 1.82) is 0 Å². The zero-order valence-electron chi connectivity index (χ0n) is 16.7. The summed E-state index contributed by atoms with van der Waals surface area (Å²) in [5, 5.41) is 13.7. The second-order valence-electron chi connectivity index (χ2n) is 7.63. The first-order chi connectivity index (χ1) is 13.5. The quantitative estimate of drug-likeness (QED) is 0.670. The lowest BCUT2D eigenvalue weighted by atomic mass is 10.0. The normalized spacial score (nSPS) is 16.2. The van der Waals surface area contributed by atoms with Crippen LogP contribution in [0.3, 0.4) is 0 Å². The van der Waals surface area contributed by atoms with Gasteiger partial charge in [0.2, 0.25) is 0 Å². The van der Waals surface area contributed by atoms with Crippen molar-refractivity contribution in [3.63, 3.8) is 0 Å². The lowest BCUT2D eigenvalue weighted by molar-refractivity contribution is 0.0861. The number of hydrogen-bond donors (Lipinski definition) is 2. The number of fused-ring (bicyclic) bond motifs is 1. The molecule has 2 heterocycles. The summed E-state index contributed by atoms with van der Waals surface area (Å²) in [5.74, 6) is -0.362. The second-order valence-corrected chi connectivity index (χ2v) is 7.63. The van der Waals surface area contributed by atoms with Crippen molar-refractivity contribution < 1.29 is 9.59 Å². The number of carbonyl (C=O) groups excluding carboxylic acids is 2. The monoisotopic (exact) mass is 384 g/mol. The summed E-state index contributed by atoms with van der Waals surface area (Å²) >= 11 is 0. The predicted molar refractivity (Wildman–Crippen MR) is 106 cm³/mol. The number of rotatable bonds is 8. The van der Waals surface area contributed by atoms with Gasteiger partial charge in [0, 0.05) is 13.1 Å². The van der Waals surface area contributed by atoms with Crippen LogP contribution in [0.25, 0.3) is 0 Å². The number of amides is 2. The third kappa shape index (κ3) is 4.75. The van der Waals surface area contributed by atoms with Gasteiger partial charge in [-0.3, -0.25) is 9.59 Å². The van der Waals surface area contributed by atoms with Crippen molar-refractivity contribution >= 4 is 11.8 Å².